The molecule has 0 aromatic rings. The van der Waals surface area contributed by atoms with Gasteiger partial charge < -0.3 is 4.90 Å². The lowest BCUT2D eigenvalue weighted by Crippen LogP contribution is -2.45. The van der Waals surface area contributed by atoms with Crippen LogP contribution in [0.2, 0.25) is 0 Å². The fourth-order valence-corrected chi connectivity index (χ4v) is 0.623. The topological polar surface area (TPSA) is 3.24 Å². The van der Waals surface area contributed by atoms with Crippen LogP contribution in [0.5, 0.6) is 0 Å². The predicted octanol–water partition coefficient (Wildman–Crippen LogP) is 0.270. The quantitative estimate of drug-likeness (QED) is 0.411. The first-order valence-corrected chi connectivity index (χ1v) is 2.11. The Hall–Kier alpha value is -0.110. The van der Waals surface area contributed by atoms with Crippen molar-refractivity contribution in [2.24, 2.45) is 0 Å². The molecule has 0 saturated carbocycles. The molecule has 1 aliphatic heterocycles. The van der Waals surface area contributed by atoms with Gasteiger partial charge in [0.1, 0.15) is 6.17 Å². The van der Waals surface area contributed by atoms with Crippen LogP contribution in [0, 0.1) is 0 Å². The van der Waals surface area contributed by atoms with E-state index in [1.807, 2.05) is 11.9 Å². The van der Waals surface area contributed by atoms with Crippen molar-refractivity contribution < 1.29 is 4.39 Å². The van der Waals surface area contributed by atoms with Gasteiger partial charge in [-0.25, -0.2) is 4.39 Å². The molecule has 1 nitrogen and oxygen atoms in total. The van der Waals surface area contributed by atoms with Gasteiger partial charge in [0.25, 0.3) is 0 Å². The highest BCUT2D eigenvalue weighted by atomic mass is 19.1. The summed E-state index contributed by atoms with van der Waals surface area (Å²) < 4.78 is 11.7. The lowest BCUT2D eigenvalue weighted by Gasteiger charge is -2.29. The summed E-state index contributed by atoms with van der Waals surface area (Å²) in [6.45, 7) is 1.28. The molecule has 0 radical (unpaired) electrons. The molecule has 0 aromatic carbocycles. The maximum Gasteiger partial charge on any atom is 0.125 e. The zero-order chi connectivity index (χ0) is 4.57. The van der Waals surface area contributed by atoms with Crippen molar-refractivity contribution in [1.29, 1.82) is 0 Å². The minimum atomic E-state index is -0.532. The average Bonchev–Trinajstić information content (AvgIpc) is 1.33. The first kappa shape index (κ1) is 4.06. The van der Waals surface area contributed by atoms with Gasteiger partial charge in [0.05, 0.1) is 0 Å². The Labute approximate surface area is 36.8 Å². The summed E-state index contributed by atoms with van der Waals surface area (Å²) in [7, 11) is 1.91. The minimum Gasteiger partial charge on any atom is -0.300 e. The van der Waals surface area contributed by atoms with E-state index in [0.29, 0.717) is 13.1 Å². The number of rotatable bonds is 0. The molecule has 1 aliphatic rings. The van der Waals surface area contributed by atoms with Crippen molar-refractivity contribution in [1.82, 2.24) is 4.90 Å². The summed E-state index contributed by atoms with van der Waals surface area (Å²) in [5, 5.41) is 0. The lowest BCUT2D eigenvalue weighted by atomic mass is 10.2. The van der Waals surface area contributed by atoms with Gasteiger partial charge >= 0.3 is 0 Å². The maximum atomic E-state index is 11.7. The monoisotopic (exact) mass is 89.1 g/mol. The highest BCUT2D eigenvalue weighted by Gasteiger charge is 2.21. The van der Waals surface area contributed by atoms with E-state index in [4.69, 9.17) is 0 Å². The third-order valence-electron chi connectivity index (χ3n) is 1.02. The van der Waals surface area contributed by atoms with Gasteiger partial charge in [-0.1, -0.05) is 0 Å². The number of nitrogens with zero attached hydrogens (tertiary/aromatic N) is 1. The lowest BCUT2D eigenvalue weighted by molar-refractivity contribution is 0.0915. The van der Waals surface area contributed by atoms with Crippen molar-refractivity contribution in [3.05, 3.63) is 0 Å². The Morgan fingerprint density at radius 1 is 1.67 bits per heavy atom. The Balaban J connectivity index is 2.11. The van der Waals surface area contributed by atoms with Crippen LogP contribution >= 0.6 is 0 Å². The van der Waals surface area contributed by atoms with Crippen LogP contribution in [0.1, 0.15) is 0 Å². The Kier molecular flexibility index (Phi) is 0.804. The highest BCUT2D eigenvalue weighted by molar-refractivity contribution is 4.74. The van der Waals surface area contributed by atoms with Crippen molar-refractivity contribution in [3.63, 3.8) is 0 Å². The average molecular weight is 89.1 g/mol. The summed E-state index contributed by atoms with van der Waals surface area (Å²) in [5.74, 6) is 0. The summed E-state index contributed by atoms with van der Waals surface area (Å²) in [6, 6.07) is 0. The van der Waals surface area contributed by atoms with E-state index in [1.54, 1.807) is 0 Å². The Morgan fingerprint density at radius 3 is 2.17 bits per heavy atom. The molecule has 0 aliphatic carbocycles. The smallest absolute Gasteiger partial charge is 0.125 e. The van der Waals surface area contributed by atoms with Crippen LogP contribution in [-0.4, -0.2) is 31.2 Å². The molecule has 0 atom stereocenters. The van der Waals surface area contributed by atoms with E-state index >= 15 is 0 Å². The highest BCUT2D eigenvalue weighted by Crippen LogP contribution is 2.05. The van der Waals surface area contributed by atoms with Crippen LogP contribution in [0.3, 0.4) is 0 Å². The largest absolute Gasteiger partial charge is 0.300 e. The maximum absolute atomic E-state index is 11.7. The van der Waals surface area contributed by atoms with Crippen molar-refractivity contribution in [2.75, 3.05) is 20.1 Å². The summed E-state index contributed by atoms with van der Waals surface area (Å²) in [6.07, 6.45) is -0.532. The van der Waals surface area contributed by atoms with Gasteiger partial charge in [0, 0.05) is 13.1 Å². The van der Waals surface area contributed by atoms with Gasteiger partial charge in [0.15, 0.2) is 0 Å². The van der Waals surface area contributed by atoms with Gasteiger partial charge in [-0.15, -0.1) is 0 Å². The summed E-state index contributed by atoms with van der Waals surface area (Å²) >= 11 is 0. The van der Waals surface area contributed by atoms with Gasteiger partial charge in [-0.2, -0.15) is 0 Å². The second-order valence-electron chi connectivity index (χ2n) is 1.82. The summed E-state index contributed by atoms with van der Waals surface area (Å²) in [5.41, 5.74) is 0. The molecule has 36 valence electrons. The fourth-order valence-electron chi connectivity index (χ4n) is 0.623. The van der Waals surface area contributed by atoms with Crippen molar-refractivity contribution in [3.8, 4) is 0 Å². The Bertz CT molecular complexity index is 43.5. The van der Waals surface area contributed by atoms with Crippen LogP contribution in [0.4, 0.5) is 4.39 Å². The zero-order valence-electron chi connectivity index (χ0n) is 3.82. The van der Waals surface area contributed by atoms with Crippen LogP contribution < -0.4 is 0 Å². The van der Waals surface area contributed by atoms with E-state index in [9.17, 15) is 4.39 Å². The minimum absolute atomic E-state index is 0.532. The normalized spacial score (nSPS) is 27.0. The second-order valence-corrected chi connectivity index (χ2v) is 1.82. The Morgan fingerprint density at radius 2 is 2.17 bits per heavy atom. The zero-order valence-corrected chi connectivity index (χ0v) is 3.82. The number of likely N-dealkylation sites (tertiary alicyclic amines) is 1. The van der Waals surface area contributed by atoms with E-state index < -0.39 is 6.17 Å². The standard InChI is InChI=1S/C4H8FN/c1-6-2-4(5)3-6/h4H,2-3H2,1H3. The van der Waals surface area contributed by atoms with Crippen molar-refractivity contribution >= 4 is 0 Å². The fraction of sp³-hybridized carbons (Fsp3) is 1.00. The molecular weight excluding hydrogens is 81.0 g/mol. The molecule has 0 unspecified atom stereocenters. The van der Waals surface area contributed by atoms with E-state index in [2.05, 4.69) is 0 Å². The molecule has 0 bridgehead atoms. The molecule has 6 heavy (non-hydrogen) atoms. The van der Waals surface area contributed by atoms with Crippen LogP contribution in [-0.2, 0) is 0 Å². The molecule has 0 N–H and O–H groups in total. The molecule has 2 heteroatoms. The van der Waals surface area contributed by atoms with E-state index in [1.165, 1.54) is 0 Å². The molecular formula is C4H8FN. The van der Waals surface area contributed by atoms with Crippen LogP contribution in [0.15, 0.2) is 0 Å². The first-order chi connectivity index (χ1) is 2.79. The third kappa shape index (κ3) is 0.522. The van der Waals surface area contributed by atoms with Crippen molar-refractivity contribution in [2.45, 2.75) is 6.17 Å². The molecule has 1 fully saturated rings. The van der Waals surface area contributed by atoms with Gasteiger partial charge in [0.2, 0.25) is 0 Å². The van der Waals surface area contributed by atoms with E-state index in [-0.39, 0.29) is 0 Å². The number of halogens is 1. The first-order valence-electron chi connectivity index (χ1n) is 2.11. The predicted molar refractivity (Wildman–Crippen MR) is 22.4 cm³/mol. The number of hydrogen-bond donors (Lipinski definition) is 0. The SMILES string of the molecule is CN1CC(F)C1. The molecule has 0 aromatic heterocycles. The molecule has 1 saturated heterocycles. The number of hydrogen-bond acceptors (Lipinski definition) is 1. The number of alkyl halides is 1. The molecule has 0 spiro atoms. The van der Waals surface area contributed by atoms with Gasteiger partial charge in [-0.05, 0) is 7.05 Å². The summed E-state index contributed by atoms with van der Waals surface area (Å²) in [4.78, 5) is 1.95. The molecule has 0 amide bonds. The second kappa shape index (κ2) is 1.19. The van der Waals surface area contributed by atoms with E-state index in [0.717, 1.165) is 0 Å². The molecule has 1 heterocycles. The van der Waals surface area contributed by atoms with Crippen LogP contribution in [0.25, 0.3) is 0 Å². The third-order valence-corrected chi connectivity index (χ3v) is 1.02. The molecule has 1 rings (SSSR count). The van der Waals surface area contributed by atoms with Gasteiger partial charge in [-0.3, -0.25) is 0 Å².